The van der Waals surface area contributed by atoms with E-state index in [9.17, 15) is 14.4 Å². The van der Waals surface area contributed by atoms with Crippen LogP contribution in [0.4, 0.5) is 4.79 Å². The third-order valence-corrected chi connectivity index (χ3v) is 16.1. The number of alkyl carbamates (subject to hydrolysis) is 1. The lowest BCUT2D eigenvalue weighted by Gasteiger charge is -2.69. The van der Waals surface area contributed by atoms with Gasteiger partial charge >= 0.3 is 12.1 Å². The normalized spacial score (nSPS) is 39.1. The van der Waals surface area contributed by atoms with Crippen LogP contribution in [0.2, 0.25) is 0 Å². The van der Waals surface area contributed by atoms with Crippen LogP contribution in [0.3, 0.4) is 0 Å². The molecule has 5 aliphatic rings. The molecule has 5 aliphatic carbocycles. The van der Waals surface area contributed by atoms with Gasteiger partial charge < -0.3 is 14.8 Å². The molecule has 0 bridgehead atoms. The van der Waals surface area contributed by atoms with Crippen LogP contribution in [0.5, 0.6) is 0 Å². The zero-order valence-corrected chi connectivity index (χ0v) is 33.3. The fourth-order valence-corrected chi connectivity index (χ4v) is 12.5. The van der Waals surface area contributed by atoms with Gasteiger partial charge in [-0.2, -0.15) is 0 Å². The first-order valence-electron chi connectivity index (χ1n) is 20.7. The number of unbranched alkanes of at least 4 members (excludes halogenated alkanes) is 1. The molecule has 10 atom stereocenters. The second-order valence-corrected chi connectivity index (χ2v) is 19.0. The molecule has 2 aromatic rings. The smallest absolute Gasteiger partial charge is 0.407 e. The summed E-state index contributed by atoms with van der Waals surface area (Å²) < 4.78 is 12.6. The van der Waals surface area contributed by atoms with E-state index in [1.54, 1.807) is 0 Å². The van der Waals surface area contributed by atoms with Gasteiger partial charge in [-0.1, -0.05) is 114 Å². The minimum atomic E-state index is -0.661. The van der Waals surface area contributed by atoms with Gasteiger partial charge in [-0.15, -0.1) is 0 Å². The summed E-state index contributed by atoms with van der Waals surface area (Å²) in [5.41, 5.74) is 2.12. The first-order chi connectivity index (χ1) is 25.2. The van der Waals surface area contributed by atoms with Gasteiger partial charge in [-0.25, -0.2) is 4.79 Å². The Labute approximate surface area is 318 Å². The summed E-state index contributed by atoms with van der Waals surface area (Å²) in [6, 6.07) is 20.1. The van der Waals surface area contributed by atoms with E-state index in [0.717, 1.165) is 75.3 Å². The van der Waals surface area contributed by atoms with Gasteiger partial charge in [0.15, 0.2) is 11.9 Å². The lowest BCUT2D eigenvalue weighted by Crippen LogP contribution is -2.65. The molecule has 1 N–H and O–H groups in total. The van der Waals surface area contributed by atoms with Crippen LogP contribution in [-0.4, -0.2) is 30.5 Å². The Balaban J connectivity index is 1.15. The number of nitrogens with one attached hydrogen (secondary N) is 1. The number of carbonyl (C=O) groups excluding carboxylic acids is 3. The van der Waals surface area contributed by atoms with E-state index in [4.69, 9.17) is 9.47 Å². The van der Waals surface area contributed by atoms with E-state index in [2.05, 4.69) is 59.9 Å². The first kappa shape index (κ1) is 37.9. The molecule has 4 fully saturated rings. The molecular formula is C47H63NO5. The van der Waals surface area contributed by atoms with Gasteiger partial charge in [-0.05, 0) is 128 Å². The third kappa shape index (κ3) is 6.28. The predicted octanol–water partition coefficient (Wildman–Crippen LogP) is 10.8. The summed E-state index contributed by atoms with van der Waals surface area (Å²) in [5, 5.41) is 2.94. The number of fused-ring (bicyclic) bond motifs is 7. The monoisotopic (exact) mass is 721 g/mol. The minimum absolute atomic E-state index is 0.0373. The highest BCUT2D eigenvalue weighted by molar-refractivity contribution is 5.95. The Morgan fingerprint density at radius 1 is 0.849 bits per heavy atom. The molecule has 53 heavy (non-hydrogen) atoms. The van der Waals surface area contributed by atoms with Crippen molar-refractivity contribution < 1.29 is 23.9 Å². The van der Waals surface area contributed by atoms with Crippen LogP contribution in [0.15, 0.2) is 72.3 Å². The molecule has 7 rings (SSSR count). The Bertz CT molecular complexity index is 1680. The number of amides is 1. The number of ketones is 1. The second-order valence-electron chi connectivity index (χ2n) is 19.0. The quantitative estimate of drug-likeness (QED) is 0.217. The lowest BCUT2D eigenvalue weighted by atomic mass is 9.34. The highest BCUT2D eigenvalue weighted by atomic mass is 16.6. The van der Waals surface area contributed by atoms with Gasteiger partial charge in [-0.3, -0.25) is 9.59 Å². The van der Waals surface area contributed by atoms with E-state index in [0.29, 0.717) is 18.9 Å². The number of allylic oxidation sites excluding steroid dienone is 2. The van der Waals surface area contributed by atoms with Gasteiger partial charge in [0, 0.05) is 12.5 Å². The van der Waals surface area contributed by atoms with Crippen LogP contribution in [-0.2, 0) is 19.1 Å². The van der Waals surface area contributed by atoms with Crippen molar-refractivity contribution in [1.82, 2.24) is 5.32 Å². The number of esters is 1. The molecule has 6 nitrogen and oxygen atoms in total. The summed E-state index contributed by atoms with van der Waals surface area (Å²) in [5.74, 6) is 0.706. The molecule has 0 aromatic heterocycles. The zero-order chi connectivity index (χ0) is 37.8. The highest BCUT2D eigenvalue weighted by Gasteiger charge is 2.69. The lowest BCUT2D eigenvalue weighted by molar-refractivity contribution is -0.186. The number of hydrogen-bond donors (Lipinski definition) is 1. The minimum Gasteiger partial charge on any atom is -0.452 e. The maximum atomic E-state index is 14.9. The van der Waals surface area contributed by atoms with Crippen molar-refractivity contribution in [2.24, 2.45) is 50.7 Å². The van der Waals surface area contributed by atoms with Crippen LogP contribution in [0.1, 0.15) is 136 Å². The number of hydrogen-bond acceptors (Lipinski definition) is 5. The zero-order valence-electron chi connectivity index (χ0n) is 33.3. The summed E-state index contributed by atoms with van der Waals surface area (Å²) >= 11 is 0. The third-order valence-electron chi connectivity index (χ3n) is 16.1. The molecule has 2 aromatic carbocycles. The molecular weight excluding hydrogens is 659 g/mol. The number of carbonyl (C=O) groups is 3. The summed E-state index contributed by atoms with van der Waals surface area (Å²) in [6.07, 6.45) is 11.4. The SMILES string of the molecule is CCCCNC(=O)O[C@H]1CC[C@@]2(C)C(CC[C@]3(C)C2C(=O)C=C2[C@@H]4C[C@@](C)(C(=O)OC(c5ccccc5)c5ccccc5)CC[C@]4(C)CC[C@]23C)[C@H]1C. The number of rotatable bonds is 8. The molecule has 2 unspecified atom stereocenters. The molecule has 286 valence electrons. The molecule has 6 heteroatoms. The van der Waals surface area contributed by atoms with Crippen molar-refractivity contribution >= 4 is 17.8 Å². The molecule has 0 saturated heterocycles. The predicted molar refractivity (Wildman–Crippen MR) is 209 cm³/mol. The van der Waals surface area contributed by atoms with Crippen molar-refractivity contribution in [3.63, 3.8) is 0 Å². The topological polar surface area (TPSA) is 81.7 Å². The van der Waals surface area contributed by atoms with Crippen molar-refractivity contribution in [3.8, 4) is 0 Å². The van der Waals surface area contributed by atoms with E-state index in [-0.39, 0.29) is 63.4 Å². The molecule has 0 aliphatic heterocycles. The average molecular weight is 722 g/mol. The molecule has 4 saturated carbocycles. The number of benzene rings is 2. The maximum Gasteiger partial charge on any atom is 0.407 e. The van der Waals surface area contributed by atoms with Crippen molar-refractivity contribution in [2.45, 2.75) is 131 Å². The molecule has 1 amide bonds. The second kappa shape index (κ2) is 14.0. The Morgan fingerprint density at radius 3 is 2.13 bits per heavy atom. The van der Waals surface area contributed by atoms with Crippen molar-refractivity contribution in [1.29, 1.82) is 0 Å². The Kier molecular flexibility index (Phi) is 10.0. The van der Waals surface area contributed by atoms with Crippen LogP contribution < -0.4 is 5.32 Å². The first-order valence-corrected chi connectivity index (χ1v) is 20.7. The van der Waals surface area contributed by atoms with E-state index in [1.807, 2.05) is 60.7 Å². The standard InChI is InChI=1S/C47H63NO5/c1-8-9-28-48-42(51)52-38-21-22-45(5)34(31(38)2)20-23-47(7)40(45)37(49)29-35-36-30-44(4,25-24-43(36,3)26-27-46(35,47)6)41(50)53-39(32-16-12-10-13-17-32)33-18-14-11-15-19-33/h10-19,29,31,34,36,38-40H,8-9,20-28,30H2,1-7H3,(H,48,51)/t31-,34?,36+,38+,40?,43-,44+,45+,46-,47-/m1/s1. The number of ether oxygens (including phenoxy) is 2. The summed E-state index contributed by atoms with van der Waals surface area (Å²) in [6.45, 7) is 16.8. The largest absolute Gasteiger partial charge is 0.452 e. The van der Waals surface area contributed by atoms with Gasteiger partial charge in [0.1, 0.15) is 6.10 Å². The van der Waals surface area contributed by atoms with Crippen molar-refractivity contribution in [2.75, 3.05) is 6.54 Å². The fraction of sp³-hybridized carbons (Fsp3) is 0.638. The molecule has 0 heterocycles. The van der Waals surface area contributed by atoms with Gasteiger partial charge in [0.05, 0.1) is 5.41 Å². The van der Waals surface area contributed by atoms with Crippen LogP contribution in [0.25, 0.3) is 0 Å². The fourth-order valence-electron chi connectivity index (χ4n) is 12.5. The van der Waals surface area contributed by atoms with E-state index in [1.165, 1.54) is 5.57 Å². The summed E-state index contributed by atoms with van der Waals surface area (Å²) in [7, 11) is 0. The van der Waals surface area contributed by atoms with Crippen LogP contribution >= 0.6 is 0 Å². The van der Waals surface area contributed by atoms with E-state index >= 15 is 0 Å². The average Bonchev–Trinajstić information content (AvgIpc) is 3.14. The van der Waals surface area contributed by atoms with E-state index < -0.39 is 11.5 Å². The summed E-state index contributed by atoms with van der Waals surface area (Å²) in [4.78, 5) is 42.1. The maximum absolute atomic E-state index is 14.9. The van der Waals surface area contributed by atoms with Gasteiger partial charge in [0.25, 0.3) is 0 Å². The van der Waals surface area contributed by atoms with Gasteiger partial charge in [0.2, 0.25) is 0 Å². The van der Waals surface area contributed by atoms with Crippen molar-refractivity contribution in [3.05, 3.63) is 83.4 Å². The Morgan fingerprint density at radius 2 is 1.49 bits per heavy atom. The molecule has 0 spiro atoms. The Hall–Kier alpha value is -3.41. The van der Waals surface area contributed by atoms with Crippen LogP contribution in [0, 0.1) is 50.7 Å². The molecule has 0 radical (unpaired) electrons. The highest BCUT2D eigenvalue weighted by Crippen LogP contribution is 2.74.